The van der Waals surface area contributed by atoms with Crippen LogP contribution < -0.4 is 4.90 Å². The normalized spacial score (nSPS) is 22.7. The summed E-state index contributed by atoms with van der Waals surface area (Å²) < 4.78 is 39.7. The smallest absolute Gasteiger partial charge is 0.407 e. The Morgan fingerprint density at radius 3 is 2.67 bits per heavy atom. The number of fused-ring (bicyclic) bond motifs is 2. The lowest BCUT2D eigenvalue weighted by molar-refractivity contribution is 0.152. The van der Waals surface area contributed by atoms with Crippen LogP contribution in [0.3, 0.4) is 0 Å². The molecule has 1 aromatic heterocycles. The van der Waals surface area contributed by atoms with Gasteiger partial charge in [-0.15, -0.1) is 0 Å². The molecule has 1 amide bonds. The van der Waals surface area contributed by atoms with Crippen LogP contribution in [0.5, 0.6) is 0 Å². The standard InChI is InChI=1S/C24H24FN3O4S/c1-2-18-9-16-13-27(24(29)30)14-22(16)28(18)21-8-3-5-15-10-20(12-26-23(15)21)33(31,32)19-7-4-6-17(25)11-19/h3-8,10-12,16,18,22H,2,9,13-14H2,1H3,(H,29,30)/t16-,18?,22+/m0/s1. The molecule has 7 nitrogen and oxygen atoms in total. The number of likely N-dealkylation sites (tertiary alicyclic amines) is 1. The molecule has 1 N–H and O–H groups in total. The Kier molecular flexibility index (Phi) is 5.23. The minimum atomic E-state index is -3.92. The third-order valence-electron chi connectivity index (χ3n) is 6.83. The van der Waals surface area contributed by atoms with Crippen LogP contribution in [-0.4, -0.2) is 54.7 Å². The highest BCUT2D eigenvalue weighted by molar-refractivity contribution is 7.91. The van der Waals surface area contributed by atoms with Gasteiger partial charge >= 0.3 is 6.09 Å². The number of aromatic nitrogens is 1. The number of hydrogen-bond acceptors (Lipinski definition) is 5. The van der Waals surface area contributed by atoms with Gasteiger partial charge < -0.3 is 14.9 Å². The Morgan fingerprint density at radius 1 is 1.15 bits per heavy atom. The van der Waals surface area contributed by atoms with Crippen molar-refractivity contribution in [1.29, 1.82) is 0 Å². The van der Waals surface area contributed by atoms with Gasteiger partial charge in [0.2, 0.25) is 9.84 Å². The van der Waals surface area contributed by atoms with Crippen LogP contribution >= 0.6 is 0 Å². The van der Waals surface area contributed by atoms with Crippen molar-refractivity contribution in [3.05, 3.63) is 60.5 Å². The molecule has 0 bridgehead atoms. The fourth-order valence-corrected chi connectivity index (χ4v) is 6.55. The number of anilines is 1. The lowest BCUT2D eigenvalue weighted by atomic mass is 10.0. The number of pyridine rings is 1. The van der Waals surface area contributed by atoms with E-state index in [1.165, 1.54) is 29.3 Å². The zero-order chi connectivity index (χ0) is 23.3. The van der Waals surface area contributed by atoms with Crippen LogP contribution in [0, 0.1) is 11.7 Å². The highest BCUT2D eigenvalue weighted by Crippen LogP contribution is 2.42. The summed E-state index contributed by atoms with van der Waals surface area (Å²) >= 11 is 0. The van der Waals surface area contributed by atoms with E-state index in [2.05, 4.69) is 16.8 Å². The van der Waals surface area contributed by atoms with E-state index in [9.17, 15) is 22.7 Å². The van der Waals surface area contributed by atoms with Gasteiger partial charge in [-0.3, -0.25) is 4.98 Å². The van der Waals surface area contributed by atoms with Gasteiger partial charge in [-0.2, -0.15) is 0 Å². The maximum Gasteiger partial charge on any atom is 0.407 e. The molecule has 172 valence electrons. The van der Waals surface area contributed by atoms with E-state index in [0.29, 0.717) is 24.0 Å². The summed E-state index contributed by atoms with van der Waals surface area (Å²) in [5.74, 6) is -0.359. The second kappa shape index (κ2) is 7.98. The van der Waals surface area contributed by atoms with Crippen molar-refractivity contribution >= 4 is 32.5 Å². The Labute approximate surface area is 191 Å². The first-order chi connectivity index (χ1) is 15.8. The molecule has 2 aromatic carbocycles. The van der Waals surface area contributed by atoms with Gasteiger partial charge in [-0.25, -0.2) is 17.6 Å². The van der Waals surface area contributed by atoms with Crippen molar-refractivity contribution in [3.63, 3.8) is 0 Å². The van der Waals surface area contributed by atoms with Crippen LogP contribution in [0.2, 0.25) is 0 Å². The summed E-state index contributed by atoms with van der Waals surface area (Å²) in [6, 6.07) is 12.5. The van der Waals surface area contributed by atoms with E-state index >= 15 is 0 Å². The third-order valence-corrected chi connectivity index (χ3v) is 8.55. The summed E-state index contributed by atoms with van der Waals surface area (Å²) in [4.78, 5) is 19.7. The highest BCUT2D eigenvalue weighted by Gasteiger charge is 2.47. The number of hydrogen-bond donors (Lipinski definition) is 1. The number of nitrogens with zero attached hydrogens (tertiary/aromatic N) is 3. The second-order valence-electron chi connectivity index (χ2n) is 8.70. The summed E-state index contributed by atoms with van der Waals surface area (Å²) in [7, 11) is -3.92. The van der Waals surface area contributed by atoms with Gasteiger partial charge in [0, 0.05) is 36.6 Å². The average molecular weight is 470 g/mol. The molecule has 2 aliphatic rings. The summed E-state index contributed by atoms with van der Waals surface area (Å²) in [6.45, 7) is 3.09. The van der Waals surface area contributed by atoms with Gasteiger partial charge in [-0.05, 0) is 43.2 Å². The van der Waals surface area contributed by atoms with Crippen molar-refractivity contribution in [2.45, 2.75) is 41.6 Å². The molecule has 2 fully saturated rings. The summed E-state index contributed by atoms with van der Waals surface area (Å²) in [6.07, 6.45) is 2.25. The quantitative estimate of drug-likeness (QED) is 0.617. The van der Waals surface area contributed by atoms with Crippen LogP contribution in [0.1, 0.15) is 19.8 Å². The Bertz CT molecular complexity index is 1350. The Balaban J connectivity index is 1.56. The molecule has 2 saturated heterocycles. The van der Waals surface area contributed by atoms with E-state index in [1.807, 2.05) is 18.2 Å². The molecule has 2 aliphatic heterocycles. The van der Waals surface area contributed by atoms with E-state index in [1.54, 1.807) is 6.07 Å². The van der Waals surface area contributed by atoms with Crippen LogP contribution in [-0.2, 0) is 9.84 Å². The molecule has 9 heteroatoms. The molecule has 0 spiro atoms. The Morgan fingerprint density at radius 2 is 1.94 bits per heavy atom. The van der Waals surface area contributed by atoms with Crippen LogP contribution in [0.4, 0.5) is 14.9 Å². The van der Waals surface area contributed by atoms with Gasteiger partial charge in [-0.1, -0.05) is 25.1 Å². The van der Waals surface area contributed by atoms with Crippen LogP contribution in [0.25, 0.3) is 10.9 Å². The number of carbonyl (C=O) groups is 1. The zero-order valence-corrected chi connectivity index (χ0v) is 18.9. The molecule has 3 aromatic rings. The molecule has 5 rings (SSSR count). The first-order valence-electron chi connectivity index (χ1n) is 10.9. The topological polar surface area (TPSA) is 90.8 Å². The van der Waals surface area contributed by atoms with Crippen molar-refractivity contribution in [1.82, 2.24) is 9.88 Å². The number of benzene rings is 2. The number of sulfone groups is 1. The lowest BCUT2D eigenvalue weighted by Crippen LogP contribution is -2.41. The first kappa shape index (κ1) is 21.6. The molecule has 3 heterocycles. The maximum atomic E-state index is 13.6. The summed E-state index contributed by atoms with van der Waals surface area (Å²) in [5, 5.41) is 10.1. The van der Waals surface area contributed by atoms with Gasteiger partial charge in [0.1, 0.15) is 5.82 Å². The minimum absolute atomic E-state index is 0.00186. The average Bonchev–Trinajstić information content (AvgIpc) is 3.36. The molecule has 1 unspecified atom stereocenters. The van der Waals surface area contributed by atoms with Gasteiger partial charge in [0.05, 0.1) is 27.0 Å². The molecular formula is C24H24FN3O4S. The summed E-state index contributed by atoms with van der Waals surface area (Å²) in [5.41, 5.74) is 1.55. The van der Waals surface area contributed by atoms with E-state index in [-0.39, 0.29) is 27.8 Å². The fraction of sp³-hybridized carbons (Fsp3) is 0.333. The molecular weight excluding hydrogens is 445 g/mol. The fourth-order valence-electron chi connectivity index (χ4n) is 5.28. The van der Waals surface area contributed by atoms with Crippen molar-refractivity contribution in [2.75, 3.05) is 18.0 Å². The Hall–Kier alpha value is -3.20. The predicted octanol–water partition coefficient (Wildman–Crippen LogP) is 4.17. The molecule has 0 radical (unpaired) electrons. The van der Waals surface area contributed by atoms with Crippen molar-refractivity contribution in [3.8, 4) is 0 Å². The number of para-hydroxylation sites is 1. The third kappa shape index (κ3) is 3.60. The van der Waals surface area contributed by atoms with Crippen molar-refractivity contribution in [2.24, 2.45) is 5.92 Å². The van der Waals surface area contributed by atoms with Crippen molar-refractivity contribution < 1.29 is 22.7 Å². The van der Waals surface area contributed by atoms with E-state index in [0.717, 1.165) is 24.6 Å². The lowest BCUT2D eigenvalue weighted by Gasteiger charge is -2.32. The predicted molar refractivity (Wildman–Crippen MR) is 122 cm³/mol. The number of halogens is 1. The second-order valence-corrected chi connectivity index (χ2v) is 10.7. The zero-order valence-electron chi connectivity index (χ0n) is 18.1. The highest BCUT2D eigenvalue weighted by atomic mass is 32.2. The SMILES string of the molecule is CCC1C[C@H]2CN(C(=O)O)C[C@H]2N1c1cccc2cc(S(=O)(=O)c3cccc(F)c3)cnc12. The molecule has 33 heavy (non-hydrogen) atoms. The van der Waals surface area contributed by atoms with E-state index < -0.39 is 21.7 Å². The van der Waals surface area contributed by atoms with E-state index in [4.69, 9.17) is 0 Å². The molecule has 0 saturated carbocycles. The first-order valence-corrected chi connectivity index (χ1v) is 12.4. The number of amides is 1. The maximum absolute atomic E-state index is 13.6. The number of carboxylic acid groups (broad SMARTS) is 1. The minimum Gasteiger partial charge on any atom is -0.465 e. The van der Waals surface area contributed by atoms with Gasteiger partial charge in [0.15, 0.2) is 0 Å². The van der Waals surface area contributed by atoms with Gasteiger partial charge in [0.25, 0.3) is 0 Å². The largest absolute Gasteiger partial charge is 0.465 e. The monoisotopic (exact) mass is 469 g/mol. The number of rotatable bonds is 4. The molecule has 0 aliphatic carbocycles. The molecule has 3 atom stereocenters. The van der Waals surface area contributed by atoms with Crippen LogP contribution in [0.15, 0.2) is 64.5 Å².